The van der Waals surface area contributed by atoms with Gasteiger partial charge < -0.3 is 10.0 Å². The Kier molecular flexibility index (Phi) is 9.38. The van der Waals surface area contributed by atoms with E-state index < -0.39 is 0 Å². The van der Waals surface area contributed by atoms with Crippen LogP contribution in [0, 0.1) is 17.2 Å². The Labute approximate surface area is 222 Å². The van der Waals surface area contributed by atoms with E-state index in [4.69, 9.17) is 5.41 Å². The lowest BCUT2D eigenvalue weighted by atomic mass is 9.78. The van der Waals surface area contributed by atoms with Gasteiger partial charge in [0.1, 0.15) is 11.6 Å². The number of benzene rings is 2. The molecule has 5 heteroatoms. The van der Waals surface area contributed by atoms with Crippen molar-refractivity contribution in [2.24, 2.45) is 11.8 Å². The number of likely N-dealkylation sites (tertiary alicyclic amines) is 1. The fourth-order valence-corrected chi connectivity index (χ4v) is 5.11. The molecule has 0 aliphatic carbocycles. The van der Waals surface area contributed by atoms with Gasteiger partial charge in [0, 0.05) is 29.2 Å². The second kappa shape index (κ2) is 11.3. The van der Waals surface area contributed by atoms with Gasteiger partial charge in [0.25, 0.3) is 0 Å². The summed E-state index contributed by atoms with van der Waals surface area (Å²) >= 11 is 0. The van der Waals surface area contributed by atoms with Crippen molar-refractivity contribution in [1.82, 2.24) is 4.90 Å². The summed E-state index contributed by atoms with van der Waals surface area (Å²) in [6.07, 6.45) is 2.98. The molecular weight excluding hydrogens is 500 g/mol. The Morgan fingerprint density at radius 1 is 1.03 bits per heavy atom. The molecule has 0 bridgehead atoms. The number of Topliss-reactive ketones (excluding diaryl/α,β-unsaturated/α-hetero) is 1. The van der Waals surface area contributed by atoms with E-state index in [1.165, 1.54) is 5.56 Å². The molecule has 4 nitrogen and oxygen atoms in total. The van der Waals surface area contributed by atoms with E-state index >= 15 is 0 Å². The van der Waals surface area contributed by atoms with Crippen LogP contribution in [0.3, 0.4) is 0 Å². The molecule has 2 aromatic carbocycles. The number of hydrogen-bond acceptors (Lipinski definition) is 3. The third-order valence-electron chi connectivity index (χ3n) is 7.06. The van der Waals surface area contributed by atoms with Crippen LogP contribution in [0.15, 0.2) is 42.5 Å². The highest BCUT2D eigenvalue weighted by atomic mass is 79.9. The molecule has 2 atom stereocenters. The van der Waals surface area contributed by atoms with Crippen LogP contribution in [-0.2, 0) is 17.3 Å². The van der Waals surface area contributed by atoms with E-state index in [2.05, 4.69) is 72.7 Å². The molecule has 0 unspecified atom stereocenters. The second-order valence-electron chi connectivity index (χ2n) is 12.0. The molecule has 0 amide bonds. The van der Waals surface area contributed by atoms with Crippen molar-refractivity contribution in [1.29, 1.82) is 5.41 Å². The number of phenolic OH excluding ortho intramolecular Hbond substituents is 1. The summed E-state index contributed by atoms with van der Waals surface area (Å²) in [4.78, 5) is 15.5. The van der Waals surface area contributed by atoms with Gasteiger partial charge in [-0.1, -0.05) is 85.2 Å². The number of aromatic hydroxyl groups is 1. The van der Waals surface area contributed by atoms with Crippen LogP contribution >= 0.6 is 17.0 Å². The molecule has 2 aromatic rings. The monoisotopic (exact) mass is 542 g/mol. The Morgan fingerprint density at radius 2 is 1.57 bits per heavy atom. The Hall–Kier alpha value is -2.14. The first-order valence-corrected chi connectivity index (χ1v) is 12.6. The molecule has 3 rings (SSSR count). The summed E-state index contributed by atoms with van der Waals surface area (Å²) in [7, 11) is 0. The number of hydrogen-bond donors (Lipinski definition) is 2. The standard InChI is InChI=1S/C30H42N2O2.BrH/c1-8-12-21-18-32(28(31)23(21)15-20-13-10-9-11-14-20)19-26(33)22-16-24(29(2,3)4)27(34)25(17-22)30(5,6)7;/h9-11,13-14,16-17,21,23,31,34H,8,12,15,18-19H2,1-7H3;1H/t21-,23-;/m1./s1. The quantitative estimate of drug-likeness (QED) is 0.360. The number of nitrogens with zero attached hydrogens (tertiary/aromatic N) is 1. The fraction of sp³-hybridized carbons (Fsp3) is 0.533. The first-order valence-electron chi connectivity index (χ1n) is 12.6. The minimum Gasteiger partial charge on any atom is -0.507 e. The molecular formula is C30H43BrN2O2. The molecule has 1 aliphatic rings. The Morgan fingerprint density at radius 3 is 2.06 bits per heavy atom. The first-order chi connectivity index (χ1) is 15.8. The van der Waals surface area contributed by atoms with Gasteiger partial charge in [0.2, 0.25) is 0 Å². The van der Waals surface area contributed by atoms with Crippen LogP contribution in [0.5, 0.6) is 5.75 Å². The molecule has 1 aliphatic heterocycles. The van der Waals surface area contributed by atoms with Gasteiger partial charge in [-0.2, -0.15) is 0 Å². The van der Waals surface area contributed by atoms with E-state index in [1.54, 1.807) is 0 Å². The predicted molar refractivity (Wildman–Crippen MR) is 151 cm³/mol. The molecule has 0 saturated carbocycles. The van der Waals surface area contributed by atoms with Crippen molar-refractivity contribution in [2.45, 2.75) is 78.6 Å². The highest BCUT2D eigenvalue weighted by Crippen LogP contribution is 2.40. The Balaban J connectivity index is 0.00000432. The molecule has 0 aromatic heterocycles. The molecule has 2 N–H and O–H groups in total. The summed E-state index contributed by atoms with van der Waals surface area (Å²) < 4.78 is 0. The van der Waals surface area contributed by atoms with Gasteiger partial charge in [-0.05, 0) is 47.3 Å². The predicted octanol–water partition coefficient (Wildman–Crippen LogP) is 7.32. The zero-order valence-corrected chi connectivity index (χ0v) is 24.2. The van der Waals surface area contributed by atoms with Crippen molar-refractivity contribution < 1.29 is 9.90 Å². The lowest BCUT2D eigenvalue weighted by Gasteiger charge is -2.28. The van der Waals surface area contributed by atoms with E-state index in [0.717, 1.165) is 36.9 Å². The second-order valence-corrected chi connectivity index (χ2v) is 12.0. The molecule has 35 heavy (non-hydrogen) atoms. The number of phenols is 1. The normalized spacial score (nSPS) is 18.5. The summed E-state index contributed by atoms with van der Waals surface area (Å²) in [5.74, 6) is 1.42. The number of amidine groups is 1. The number of carbonyl (C=O) groups is 1. The number of rotatable bonds is 7. The third-order valence-corrected chi connectivity index (χ3v) is 7.06. The number of nitrogens with one attached hydrogen (secondary N) is 1. The average molecular weight is 544 g/mol. The van der Waals surface area contributed by atoms with Crippen molar-refractivity contribution >= 4 is 28.6 Å². The maximum Gasteiger partial charge on any atom is 0.182 e. The molecule has 1 fully saturated rings. The van der Waals surface area contributed by atoms with Crippen molar-refractivity contribution in [3.8, 4) is 5.75 Å². The first kappa shape index (κ1) is 29.1. The third kappa shape index (κ3) is 6.75. The van der Waals surface area contributed by atoms with Gasteiger partial charge in [-0.3, -0.25) is 10.2 Å². The molecule has 0 spiro atoms. The van der Waals surface area contributed by atoms with Crippen LogP contribution in [0.25, 0.3) is 0 Å². The van der Waals surface area contributed by atoms with Crippen molar-refractivity contribution in [2.75, 3.05) is 13.1 Å². The van der Waals surface area contributed by atoms with Gasteiger partial charge >= 0.3 is 0 Å². The van der Waals surface area contributed by atoms with Crippen molar-refractivity contribution in [3.63, 3.8) is 0 Å². The lowest BCUT2D eigenvalue weighted by molar-refractivity contribution is 0.0963. The highest BCUT2D eigenvalue weighted by Gasteiger charge is 2.38. The Bertz CT molecular complexity index is 1000. The summed E-state index contributed by atoms with van der Waals surface area (Å²) in [6, 6.07) is 14.1. The molecule has 1 saturated heterocycles. The van der Waals surface area contributed by atoms with Gasteiger partial charge in [0.05, 0.1) is 6.54 Å². The van der Waals surface area contributed by atoms with Crippen LogP contribution in [0.2, 0.25) is 0 Å². The topological polar surface area (TPSA) is 64.4 Å². The molecule has 1 heterocycles. The number of ketones is 1. The van der Waals surface area contributed by atoms with E-state index in [-0.39, 0.29) is 51.8 Å². The van der Waals surface area contributed by atoms with Gasteiger partial charge in [-0.15, -0.1) is 17.0 Å². The van der Waals surface area contributed by atoms with Crippen LogP contribution < -0.4 is 0 Å². The van der Waals surface area contributed by atoms with Crippen LogP contribution in [0.1, 0.15) is 88.4 Å². The van der Waals surface area contributed by atoms with Gasteiger partial charge in [0.15, 0.2) is 5.78 Å². The largest absolute Gasteiger partial charge is 0.507 e. The molecule has 0 radical (unpaired) electrons. The zero-order chi connectivity index (χ0) is 25.3. The van der Waals surface area contributed by atoms with E-state index in [0.29, 0.717) is 17.3 Å². The maximum absolute atomic E-state index is 13.5. The molecule has 192 valence electrons. The summed E-state index contributed by atoms with van der Waals surface area (Å²) in [5, 5.41) is 19.9. The SMILES string of the molecule is Br.CCC[C@@H]1CN(CC(=O)c2cc(C(C)(C)C)c(O)c(C(C)(C)C)c2)C(=N)[C@@H]1Cc1ccccc1. The zero-order valence-electron chi connectivity index (χ0n) is 22.4. The number of halogens is 1. The van der Waals surface area contributed by atoms with Gasteiger partial charge in [-0.25, -0.2) is 0 Å². The smallest absolute Gasteiger partial charge is 0.182 e. The van der Waals surface area contributed by atoms with Crippen molar-refractivity contribution in [3.05, 3.63) is 64.7 Å². The van der Waals surface area contributed by atoms with Crippen LogP contribution in [0.4, 0.5) is 0 Å². The van der Waals surface area contributed by atoms with Crippen LogP contribution in [-0.4, -0.2) is 34.7 Å². The summed E-state index contributed by atoms with van der Waals surface area (Å²) in [5.41, 5.74) is 2.89. The lowest BCUT2D eigenvalue weighted by Crippen LogP contribution is -2.33. The maximum atomic E-state index is 13.5. The number of carbonyl (C=O) groups excluding carboxylic acids is 1. The minimum absolute atomic E-state index is 0. The minimum atomic E-state index is -0.284. The van der Waals surface area contributed by atoms with E-state index in [9.17, 15) is 9.90 Å². The highest BCUT2D eigenvalue weighted by molar-refractivity contribution is 8.93. The summed E-state index contributed by atoms with van der Waals surface area (Å²) in [6.45, 7) is 15.5. The average Bonchev–Trinajstić information content (AvgIpc) is 3.02. The van der Waals surface area contributed by atoms with E-state index in [1.807, 2.05) is 23.1 Å². The fourth-order valence-electron chi connectivity index (χ4n) is 5.11.